The Labute approximate surface area is 144 Å². The largest absolute Gasteiger partial charge is 0.387 e. The fourth-order valence-electron chi connectivity index (χ4n) is 3.05. The molecule has 128 valence electrons. The lowest BCUT2D eigenvalue weighted by Gasteiger charge is -2.09. The summed E-state index contributed by atoms with van der Waals surface area (Å²) in [6.07, 6.45) is 6.68. The molecule has 4 rings (SSSR count). The summed E-state index contributed by atoms with van der Waals surface area (Å²) in [6.45, 7) is 3.52. The number of fused-ring (bicyclic) bond motifs is 1. The Hall–Kier alpha value is -2.60. The standard InChI is InChI=1S/C19H19FN4O/c1-3-4-12-8-18-17(9-15(12)20)22-19(24(18)14-5-6-14)13-7-16(11(2)25)23-21-10-13/h3-4,7-11,14,25H,5-6H2,1-2H3/b4-3+. The second kappa shape index (κ2) is 6.04. The number of imidazole rings is 1. The van der Waals surface area contributed by atoms with E-state index >= 15 is 0 Å². The highest BCUT2D eigenvalue weighted by Crippen LogP contribution is 2.41. The van der Waals surface area contributed by atoms with E-state index in [0.717, 1.165) is 29.7 Å². The van der Waals surface area contributed by atoms with Crippen molar-refractivity contribution in [2.75, 3.05) is 0 Å². The third-order valence-corrected chi connectivity index (χ3v) is 4.43. The maximum absolute atomic E-state index is 14.3. The third kappa shape index (κ3) is 2.82. The molecule has 6 heteroatoms. The molecule has 2 aromatic heterocycles. The maximum atomic E-state index is 14.3. The van der Waals surface area contributed by atoms with Gasteiger partial charge in [-0.2, -0.15) is 10.2 Å². The number of halogens is 1. The van der Waals surface area contributed by atoms with Crippen LogP contribution in [0.5, 0.6) is 0 Å². The van der Waals surface area contributed by atoms with Gasteiger partial charge in [-0.1, -0.05) is 12.2 Å². The van der Waals surface area contributed by atoms with Gasteiger partial charge in [-0.3, -0.25) is 0 Å². The minimum atomic E-state index is -0.704. The highest BCUT2D eigenvalue weighted by atomic mass is 19.1. The Morgan fingerprint density at radius 2 is 2.12 bits per heavy atom. The van der Waals surface area contributed by atoms with Gasteiger partial charge in [0.25, 0.3) is 0 Å². The summed E-state index contributed by atoms with van der Waals surface area (Å²) in [7, 11) is 0. The zero-order chi connectivity index (χ0) is 17.6. The van der Waals surface area contributed by atoms with Crippen LogP contribution < -0.4 is 0 Å². The van der Waals surface area contributed by atoms with Crippen molar-refractivity contribution in [3.8, 4) is 11.4 Å². The van der Waals surface area contributed by atoms with Crippen LogP contribution in [-0.2, 0) is 0 Å². The maximum Gasteiger partial charge on any atom is 0.143 e. The molecule has 3 aromatic rings. The average molecular weight is 338 g/mol. The van der Waals surface area contributed by atoms with E-state index < -0.39 is 6.10 Å². The van der Waals surface area contributed by atoms with Crippen molar-refractivity contribution in [1.82, 2.24) is 19.7 Å². The fourth-order valence-corrected chi connectivity index (χ4v) is 3.05. The van der Waals surface area contributed by atoms with Crippen molar-refractivity contribution in [2.45, 2.75) is 38.8 Å². The predicted octanol–water partition coefficient (Wildman–Crippen LogP) is 4.05. The normalized spacial score (nSPS) is 16.0. The summed E-state index contributed by atoms with van der Waals surface area (Å²) in [5, 5.41) is 17.7. The molecule has 1 aliphatic carbocycles. The SMILES string of the molecule is C/C=C/c1cc2c(cc1F)nc(-c1cnnc(C(C)O)c1)n2C1CC1. The number of hydrogen-bond donors (Lipinski definition) is 1. The van der Waals surface area contributed by atoms with Crippen LogP contribution in [0.15, 0.2) is 30.5 Å². The van der Waals surface area contributed by atoms with Crippen LogP contribution in [0.25, 0.3) is 28.5 Å². The van der Waals surface area contributed by atoms with Crippen LogP contribution in [0, 0.1) is 5.82 Å². The van der Waals surface area contributed by atoms with Crippen molar-refractivity contribution >= 4 is 17.1 Å². The lowest BCUT2D eigenvalue weighted by atomic mass is 10.1. The van der Waals surface area contributed by atoms with Crippen LogP contribution in [0.2, 0.25) is 0 Å². The van der Waals surface area contributed by atoms with Gasteiger partial charge in [0.1, 0.15) is 11.6 Å². The molecule has 2 heterocycles. The van der Waals surface area contributed by atoms with E-state index in [-0.39, 0.29) is 5.82 Å². The number of aliphatic hydroxyl groups is 1. The first-order valence-corrected chi connectivity index (χ1v) is 8.43. The minimum absolute atomic E-state index is 0.282. The van der Waals surface area contributed by atoms with Gasteiger partial charge < -0.3 is 9.67 Å². The van der Waals surface area contributed by atoms with Gasteiger partial charge in [-0.15, -0.1) is 0 Å². The van der Waals surface area contributed by atoms with Crippen LogP contribution >= 0.6 is 0 Å². The second-order valence-corrected chi connectivity index (χ2v) is 6.44. The van der Waals surface area contributed by atoms with Gasteiger partial charge >= 0.3 is 0 Å². The summed E-state index contributed by atoms with van der Waals surface area (Å²) >= 11 is 0. The minimum Gasteiger partial charge on any atom is -0.387 e. The van der Waals surface area contributed by atoms with Crippen molar-refractivity contribution in [3.05, 3.63) is 47.5 Å². The van der Waals surface area contributed by atoms with Gasteiger partial charge in [-0.25, -0.2) is 9.37 Å². The van der Waals surface area contributed by atoms with Crippen molar-refractivity contribution in [2.24, 2.45) is 0 Å². The first-order chi connectivity index (χ1) is 12.1. The quantitative estimate of drug-likeness (QED) is 0.779. The monoisotopic (exact) mass is 338 g/mol. The first kappa shape index (κ1) is 15.9. The van der Waals surface area contributed by atoms with E-state index in [0.29, 0.717) is 22.8 Å². The van der Waals surface area contributed by atoms with Gasteiger partial charge in [0.15, 0.2) is 0 Å². The summed E-state index contributed by atoms with van der Waals surface area (Å²) < 4.78 is 16.4. The molecule has 1 unspecified atom stereocenters. The summed E-state index contributed by atoms with van der Waals surface area (Å²) in [5.74, 6) is 0.460. The second-order valence-electron chi connectivity index (χ2n) is 6.44. The predicted molar refractivity (Wildman–Crippen MR) is 94.3 cm³/mol. The Bertz CT molecular complexity index is 973. The zero-order valence-electron chi connectivity index (χ0n) is 14.1. The molecule has 1 atom stereocenters. The van der Waals surface area contributed by atoms with Crippen LogP contribution in [-0.4, -0.2) is 24.9 Å². The molecular weight excluding hydrogens is 319 g/mol. The number of nitrogens with zero attached hydrogens (tertiary/aromatic N) is 4. The molecular formula is C19H19FN4O. The van der Waals surface area contributed by atoms with Crippen LogP contribution in [0.4, 0.5) is 4.39 Å². The average Bonchev–Trinajstić information content (AvgIpc) is 3.37. The molecule has 0 spiro atoms. The molecule has 0 saturated heterocycles. The lowest BCUT2D eigenvalue weighted by molar-refractivity contribution is 0.193. The number of aliphatic hydroxyl groups excluding tert-OH is 1. The van der Waals surface area contributed by atoms with Gasteiger partial charge in [-0.05, 0) is 38.8 Å². The number of benzene rings is 1. The van der Waals surface area contributed by atoms with E-state index in [9.17, 15) is 9.50 Å². The van der Waals surface area contributed by atoms with Gasteiger partial charge in [0.2, 0.25) is 0 Å². The summed E-state index contributed by atoms with van der Waals surface area (Å²) in [4.78, 5) is 4.66. The molecule has 1 aliphatic rings. The van der Waals surface area contributed by atoms with Gasteiger partial charge in [0.05, 0.1) is 29.0 Å². The zero-order valence-corrected chi connectivity index (χ0v) is 14.1. The highest BCUT2D eigenvalue weighted by molar-refractivity contribution is 5.83. The third-order valence-electron chi connectivity index (χ3n) is 4.43. The smallest absolute Gasteiger partial charge is 0.143 e. The molecule has 0 amide bonds. The van der Waals surface area contributed by atoms with Crippen LogP contribution in [0.1, 0.15) is 50.1 Å². The molecule has 1 saturated carbocycles. The molecule has 1 N–H and O–H groups in total. The molecule has 0 aliphatic heterocycles. The Morgan fingerprint density at radius 1 is 1.32 bits per heavy atom. The molecule has 1 fully saturated rings. The summed E-state index contributed by atoms with van der Waals surface area (Å²) in [5.41, 5.74) is 3.38. The van der Waals surface area contributed by atoms with E-state index in [1.165, 1.54) is 6.07 Å². The number of aromatic nitrogens is 4. The van der Waals surface area contributed by atoms with Crippen molar-refractivity contribution in [1.29, 1.82) is 0 Å². The number of allylic oxidation sites excluding steroid dienone is 1. The Balaban J connectivity index is 1.95. The van der Waals surface area contributed by atoms with E-state index in [1.54, 1.807) is 25.3 Å². The number of rotatable bonds is 4. The molecule has 0 bridgehead atoms. The lowest BCUT2D eigenvalue weighted by Crippen LogP contribution is -2.02. The summed E-state index contributed by atoms with van der Waals surface area (Å²) in [6, 6.07) is 5.49. The number of hydrogen-bond acceptors (Lipinski definition) is 4. The van der Waals surface area contributed by atoms with E-state index in [2.05, 4.69) is 19.7 Å². The van der Waals surface area contributed by atoms with Crippen molar-refractivity contribution < 1.29 is 9.50 Å². The highest BCUT2D eigenvalue weighted by Gasteiger charge is 2.29. The van der Waals surface area contributed by atoms with E-state index in [4.69, 9.17) is 0 Å². The molecule has 0 radical (unpaired) electrons. The van der Waals surface area contributed by atoms with Gasteiger partial charge in [0, 0.05) is 23.2 Å². The van der Waals surface area contributed by atoms with Crippen LogP contribution in [0.3, 0.4) is 0 Å². The topological polar surface area (TPSA) is 63.8 Å². The Morgan fingerprint density at radius 3 is 2.80 bits per heavy atom. The van der Waals surface area contributed by atoms with Crippen molar-refractivity contribution in [3.63, 3.8) is 0 Å². The molecule has 25 heavy (non-hydrogen) atoms. The Kier molecular flexibility index (Phi) is 3.84. The first-order valence-electron chi connectivity index (χ1n) is 8.43. The molecule has 1 aromatic carbocycles. The fraction of sp³-hybridized carbons (Fsp3) is 0.316. The molecule has 5 nitrogen and oxygen atoms in total. The van der Waals surface area contributed by atoms with E-state index in [1.807, 2.05) is 19.1 Å².